The summed E-state index contributed by atoms with van der Waals surface area (Å²) in [5, 5.41) is 0.812. The van der Waals surface area contributed by atoms with Gasteiger partial charge in [0.05, 0.1) is 4.88 Å². The number of hydrogen-bond donors (Lipinski definition) is 0. The van der Waals surface area contributed by atoms with Gasteiger partial charge in [0.15, 0.2) is 0 Å². The maximum absolute atomic E-state index is 11.2. The van der Waals surface area contributed by atoms with Crippen LogP contribution < -0.4 is 0 Å². The van der Waals surface area contributed by atoms with E-state index in [1.165, 1.54) is 11.3 Å². The topological polar surface area (TPSA) is 17.1 Å². The quantitative estimate of drug-likeness (QED) is 0.709. The van der Waals surface area contributed by atoms with Crippen LogP contribution in [0.5, 0.6) is 0 Å². The zero-order chi connectivity index (χ0) is 10.1. The molecule has 3 heteroatoms. The normalized spacial score (nSPS) is 10.7. The highest BCUT2D eigenvalue weighted by Gasteiger charge is 2.14. The summed E-state index contributed by atoms with van der Waals surface area (Å²) < 4.78 is 1.13. The third kappa shape index (κ3) is 1.45. The van der Waals surface area contributed by atoms with E-state index < -0.39 is 0 Å². The van der Waals surface area contributed by atoms with Crippen LogP contribution in [0.4, 0.5) is 0 Å². The van der Waals surface area contributed by atoms with Crippen molar-refractivity contribution in [3.8, 4) is 0 Å². The molecular formula is C11H9ClOS. The number of halogens is 1. The van der Waals surface area contributed by atoms with Gasteiger partial charge in [-0.1, -0.05) is 25.1 Å². The van der Waals surface area contributed by atoms with E-state index in [1.807, 2.05) is 31.2 Å². The van der Waals surface area contributed by atoms with Gasteiger partial charge in [0.2, 0.25) is 0 Å². The Bertz CT molecular complexity index is 487. The molecule has 0 aliphatic rings. The summed E-state index contributed by atoms with van der Waals surface area (Å²) in [7, 11) is 0. The number of carbonyl (C=O) groups excluding carboxylic acids is 1. The Morgan fingerprint density at radius 3 is 2.79 bits per heavy atom. The molecule has 1 nitrogen and oxygen atoms in total. The van der Waals surface area contributed by atoms with Crippen molar-refractivity contribution in [3.63, 3.8) is 0 Å². The zero-order valence-corrected chi connectivity index (χ0v) is 9.28. The van der Waals surface area contributed by atoms with E-state index in [0.29, 0.717) is 4.88 Å². The molecule has 0 saturated heterocycles. The van der Waals surface area contributed by atoms with Crippen molar-refractivity contribution in [1.29, 1.82) is 0 Å². The minimum atomic E-state index is -0.344. The fourth-order valence-electron chi connectivity index (χ4n) is 1.61. The maximum atomic E-state index is 11.2. The fraction of sp³-hybridized carbons (Fsp3) is 0.182. The van der Waals surface area contributed by atoms with Gasteiger partial charge in [-0.05, 0) is 35.0 Å². The molecule has 0 amide bonds. The minimum absolute atomic E-state index is 0.344. The van der Waals surface area contributed by atoms with E-state index >= 15 is 0 Å². The van der Waals surface area contributed by atoms with Crippen molar-refractivity contribution < 1.29 is 4.79 Å². The summed E-state index contributed by atoms with van der Waals surface area (Å²) >= 11 is 7.01. The highest BCUT2D eigenvalue weighted by atomic mass is 35.5. The first-order valence-corrected chi connectivity index (χ1v) is 5.63. The monoisotopic (exact) mass is 224 g/mol. The number of thiophene rings is 1. The first kappa shape index (κ1) is 9.69. The standard InChI is InChI=1S/C11H9ClOS/c1-2-7-8-5-3-4-6-9(8)14-10(7)11(12)13/h3-6H,2H2,1H3. The van der Waals surface area contributed by atoms with Crippen LogP contribution in [0.15, 0.2) is 24.3 Å². The van der Waals surface area contributed by atoms with Gasteiger partial charge in [0.1, 0.15) is 0 Å². The third-order valence-electron chi connectivity index (χ3n) is 2.23. The van der Waals surface area contributed by atoms with Crippen LogP contribution in [-0.4, -0.2) is 5.24 Å². The minimum Gasteiger partial charge on any atom is -0.275 e. The molecule has 0 unspecified atom stereocenters. The molecule has 1 aromatic carbocycles. The first-order chi connectivity index (χ1) is 6.74. The van der Waals surface area contributed by atoms with Gasteiger partial charge >= 0.3 is 0 Å². The van der Waals surface area contributed by atoms with E-state index in [-0.39, 0.29) is 5.24 Å². The lowest BCUT2D eigenvalue weighted by Crippen LogP contribution is -1.89. The van der Waals surface area contributed by atoms with Crippen LogP contribution in [0.2, 0.25) is 0 Å². The molecule has 72 valence electrons. The lowest BCUT2D eigenvalue weighted by molar-refractivity contribution is 0.108. The van der Waals surface area contributed by atoms with Gasteiger partial charge in [0.25, 0.3) is 5.24 Å². The molecule has 1 heterocycles. The highest BCUT2D eigenvalue weighted by molar-refractivity contribution is 7.22. The van der Waals surface area contributed by atoms with Crippen molar-refractivity contribution in [2.24, 2.45) is 0 Å². The number of hydrogen-bond acceptors (Lipinski definition) is 2. The zero-order valence-electron chi connectivity index (χ0n) is 7.71. The van der Waals surface area contributed by atoms with E-state index in [0.717, 1.165) is 22.1 Å². The second-order valence-electron chi connectivity index (χ2n) is 3.03. The predicted molar refractivity (Wildman–Crippen MR) is 61.4 cm³/mol. The average Bonchev–Trinajstić information content (AvgIpc) is 2.56. The Kier molecular flexibility index (Phi) is 2.57. The third-order valence-corrected chi connectivity index (χ3v) is 3.74. The summed E-state index contributed by atoms with van der Waals surface area (Å²) in [6, 6.07) is 8.01. The van der Waals surface area contributed by atoms with Gasteiger partial charge < -0.3 is 0 Å². The van der Waals surface area contributed by atoms with Crippen molar-refractivity contribution in [2.45, 2.75) is 13.3 Å². The lowest BCUT2D eigenvalue weighted by Gasteiger charge is -1.95. The van der Waals surface area contributed by atoms with Crippen LogP contribution in [0.25, 0.3) is 10.1 Å². The van der Waals surface area contributed by atoms with Gasteiger partial charge in [-0.15, -0.1) is 11.3 Å². The second kappa shape index (κ2) is 3.71. The Labute approximate surface area is 91.3 Å². The van der Waals surface area contributed by atoms with Crippen LogP contribution in [0, 0.1) is 0 Å². The molecule has 0 fully saturated rings. The van der Waals surface area contributed by atoms with E-state index in [1.54, 1.807) is 0 Å². The highest BCUT2D eigenvalue weighted by Crippen LogP contribution is 2.32. The Morgan fingerprint density at radius 2 is 2.14 bits per heavy atom. The molecular weight excluding hydrogens is 216 g/mol. The Morgan fingerprint density at radius 1 is 1.43 bits per heavy atom. The molecule has 14 heavy (non-hydrogen) atoms. The second-order valence-corrected chi connectivity index (χ2v) is 4.43. The summed E-state index contributed by atoms with van der Waals surface area (Å²) in [5.74, 6) is 0. The van der Waals surface area contributed by atoms with Gasteiger partial charge in [0, 0.05) is 4.70 Å². The smallest absolute Gasteiger partial charge is 0.262 e. The summed E-state index contributed by atoms with van der Waals surface area (Å²) in [6.07, 6.45) is 0.845. The number of fused-ring (bicyclic) bond motifs is 1. The van der Waals surface area contributed by atoms with Crippen LogP contribution in [-0.2, 0) is 6.42 Å². The SMILES string of the molecule is CCc1c(C(=O)Cl)sc2ccccc12. The van der Waals surface area contributed by atoms with E-state index in [9.17, 15) is 4.79 Å². The van der Waals surface area contributed by atoms with E-state index in [4.69, 9.17) is 11.6 Å². The molecule has 0 bridgehead atoms. The van der Waals surface area contributed by atoms with E-state index in [2.05, 4.69) is 0 Å². The lowest BCUT2D eigenvalue weighted by atomic mass is 10.1. The van der Waals surface area contributed by atoms with Crippen molar-refractivity contribution in [1.82, 2.24) is 0 Å². The molecule has 0 aliphatic carbocycles. The molecule has 0 atom stereocenters. The number of rotatable bonds is 2. The van der Waals surface area contributed by atoms with Crippen molar-refractivity contribution in [2.75, 3.05) is 0 Å². The summed E-state index contributed by atoms with van der Waals surface area (Å²) in [6.45, 7) is 2.04. The molecule has 2 aromatic rings. The van der Waals surface area contributed by atoms with Crippen LogP contribution in [0.3, 0.4) is 0 Å². The summed E-state index contributed by atoms with van der Waals surface area (Å²) in [5.41, 5.74) is 1.07. The Hall–Kier alpha value is -0.860. The largest absolute Gasteiger partial charge is 0.275 e. The summed E-state index contributed by atoms with van der Waals surface area (Å²) in [4.78, 5) is 11.9. The molecule has 0 aliphatic heterocycles. The molecule has 0 spiro atoms. The number of carbonyl (C=O) groups is 1. The predicted octanol–water partition coefficient (Wildman–Crippen LogP) is 3.84. The average molecular weight is 225 g/mol. The fourth-order valence-corrected chi connectivity index (χ4v) is 2.96. The van der Waals surface area contributed by atoms with Crippen molar-refractivity contribution in [3.05, 3.63) is 34.7 Å². The van der Waals surface area contributed by atoms with Gasteiger partial charge in [-0.2, -0.15) is 0 Å². The van der Waals surface area contributed by atoms with Gasteiger partial charge in [-0.3, -0.25) is 4.79 Å². The molecule has 0 radical (unpaired) electrons. The van der Waals surface area contributed by atoms with Crippen molar-refractivity contribution >= 4 is 38.3 Å². The maximum Gasteiger partial charge on any atom is 0.262 e. The number of aryl methyl sites for hydroxylation is 1. The molecule has 2 rings (SSSR count). The molecule has 0 N–H and O–H groups in total. The first-order valence-electron chi connectivity index (χ1n) is 4.44. The Balaban J connectivity index is 2.78. The molecule has 0 saturated carbocycles. The van der Waals surface area contributed by atoms with Crippen LogP contribution in [0.1, 0.15) is 22.2 Å². The molecule has 1 aromatic heterocycles. The number of benzene rings is 1. The van der Waals surface area contributed by atoms with Crippen LogP contribution >= 0.6 is 22.9 Å². The van der Waals surface area contributed by atoms with Gasteiger partial charge in [-0.25, -0.2) is 0 Å².